The molecule has 5 heteroatoms. The Morgan fingerprint density at radius 1 is 1.47 bits per heavy atom. The summed E-state index contributed by atoms with van der Waals surface area (Å²) in [5.74, 6) is 1.69. The van der Waals surface area contributed by atoms with Gasteiger partial charge >= 0.3 is 0 Å². The first kappa shape index (κ1) is 14.6. The summed E-state index contributed by atoms with van der Waals surface area (Å²) < 4.78 is 0. The Morgan fingerprint density at radius 3 is 2.79 bits per heavy atom. The second-order valence-corrected chi connectivity index (χ2v) is 5.98. The van der Waals surface area contributed by atoms with Crippen molar-refractivity contribution in [2.45, 2.75) is 19.5 Å². The van der Waals surface area contributed by atoms with Gasteiger partial charge in [-0.25, -0.2) is 4.98 Å². The zero-order valence-electron chi connectivity index (χ0n) is 12.2. The Hall–Kier alpha value is -0.840. The zero-order chi connectivity index (χ0) is 14.0. The molecule has 1 fully saturated rings. The molecule has 0 saturated carbocycles. The van der Waals surface area contributed by atoms with Gasteiger partial charge in [0, 0.05) is 31.9 Å². The minimum Gasteiger partial charge on any atom is -0.355 e. The van der Waals surface area contributed by atoms with Crippen LogP contribution in [0.5, 0.6) is 0 Å². The number of rotatable bonds is 4. The maximum absolute atomic E-state index is 6.16. The molecule has 0 aromatic carbocycles. The molecule has 19 heavy (non-hydrogen) atoms. The quantitative estimate of drug-likeness (QED) is 0.913. The standard InChI is InChI=1S/C14H23ClN4/c1-10-8-19(9-13(10)18(3)4)14-5-11(6-16-2)12(15)7-17-14/h5,7,10,13,16H,6,8-9H2,1-4H3. The van der Waals surface area contributed by atoms with Gasteiger partial charge in [-0.2, -0.15) is 0 Å². The van der Waals surface area contributed by atoms with Gasteiger partial charge in [0.1, 0.15) is 5.82 Å². The van der Waals surface area contributed by atoms with E-state index < -0.39 is 0 Å². The number of aromatic nitrogens is 1. The minimum atomic E-state index is 0.588. The van der Waals surface area contributed by atoms with Crippen LogP contribution in [0.3, 0.4) is 0 Å². The molecule has 1 aromatic rings. The van der Waals surface area contributed by atoms with Gasteiger partial charge in [-0.15, -0.1) is 0 Å². The van der Waals surface area contributed by atoms with Crippen LogP contribution >= 0.6 is 11.6 Å². The molecule has 0 bridgehead atoms. The van der Waals surface area contributed by atoms with Gasteiger partial charge in [-0.3, -0.25) is 0 Å². The van der Waals surface area contributed by atoms with Crippen molar-refractivity contribution in [2.24, 2.45) is 5.92 Å². The predicted molar refractivity (Wildman–Crippen MR) is 80.9 cm³/mol. The van der Waals surface area contributed by atoms with E-state index in [-0.39, 0.29) is 0 Å². The summed E-state index contributed by atoms with van der Waals surface area (Å²) in [4.78, 5) is 9.13. The highest BCUT2D eigenvalue weighted by atomic mass is 35.5. The monoisotopic (exact) mass is 282 g/mol. The number of hydrogen-bond donors (Lipinski definition) is 1. The summed E-state index contributed by atoms with van der Waals surface area (Å²) in [6, 6.07) is 2.69. The molecule has 0 radical (unpaired) electrons. The summed E-state index contributed by atoms with van der Waals surface area (Å²) in [5, 5.41) is 3.87. The number of pyridine rings is 1. The SMILES string of the molecule is CNCc1cc(N2CC(C)C(N(C)C)C2)ncc1Cl. The van der Waals surface area contributed by atoms with Crippen LogP contribution in [0.1, 0.15) is 12.5 Å². The molecule has 1 aliphatic heterocycles. The van der Waals surface area contributed by atoms with Gasteiger partial charge in [-0.05, 0) is 38.7 Å². The van der Waals surface area contributed by atoms with Gasteiger partial charge in [-0.1, -0.05) is 18.5 Å². The highest BCUT2D eigenvalue weighted by Gasteiger charge is 2.31. The van der Waals surface area contributed by atoms with Crippen molar-refractivity contribution in [3.63, 3.8) is 0 Å². The van der Waals surface area contributed by atoms with Gasteiger partial charge < -0.3 is 15.1 Å². The molecule has 2 atom stereocenters. The molecule has 1 aliphatic rings. The van der Waals surface area contributed by atoms with Crippen molar-refractivity contribution in [3.05, 3.63) is 22.8 Å². The molecule has 0 amide bonds. The van der Waals surface area contributed by atoms with Gasteiger partial charge in [0.15, 0.2) is 0 Å². The zero-order valence-corrected chi connectivity index (χ0v) is 12.9. The summed E-state index contributed by atoms with van der Waals surface area (Å²) >= 11 is 6.16. The number of hydrogen-bond acceptors (Lipinski definition) is 4. The molecule has 106 valence electrons. The predicted octanol–water partition coefficient (Wildman–Crippen LogP) is 1.84. The molecule has 2 rings (SSSR count). The first-order chi connectivity index (χ1) is 9.02. The Labute approximate surface area is 120 Å². The van der Waals surface area contributed by atoms with E-state index in [0.29, 0.717) is 12.0 Å². The largest absolute Gasteiger partial charge is 0.355 e. The lowest BCUT2D eigenvalue weighted by atomic mass is 10.1. The fourth-order valence-corrected chi connectivity index (χ4v) is 2.95. The molecule has 2 heterocycles. The second-order valence-electron chi connectivity index (χ2n) is 5.58. The van der Waals surface area contributed by atoms with E-state index in [2.05, 4.69) is 47.2 Å². The maximum Gasteiger partial charge on any atom is 0.128 e. The summed E-state index contributed by atoms with van der Waals surface area (Å²) in [5.41, 5.74) is 1.11. The lowest BCUT2D eigenvalue weighted by Crippen LogP contribution is -2.34. The topological polar surface area (TPSA) is 31.4 Å². The number of likely N-dealkylation sites (N-methyl/N-ethyl adjacent to an activating group) is 1. The van der Waals surface area contributed by atoms with Crippen molar-refractivity contribution in [1.82, 2.24) is 15.2 Å². The second kappa shape index (κ2) is 6.07. The van der Waals surface area contributed by atoms with Crippen molar-refractivity contribution < 1.29 is 0 Å². The number of nitrogens with one attached hydrogen (secondary N) is 1. The van der Waals surface area contributed by atoms with E-state index in [1.807, 2.05) is 7.05 Å². The molecular formula is C14H23ClN4. The molecule has 0 spiro atoms. The molecule has 0 aliphatic carbocycles. The van der Waals surface area contributed by atoms with Crippen molar-refractivity contribution in [3.8, 4) is 0 Å². The normalized spacial score (nSPS) is 23.4. The number of nitrogens with zero attached hydrogens (tertiary/aromatic N) is 3. The van der Waals surface area contributed by atoms with Crippen molar-refractivity contribution in [2.75, 3.05) is 39.1 Å². The molecule has 1 saturated heterocycles. The van der Waals surface area contributed by atoms with E-state index >= 15 is 0 Å². The Balaban J connectivity index is 2.17. The van der Waals surface area contributed by atoms with Crippen molar-refractivity contribution >= 4 is 17.4 Å². The van der Waals surface area contributed by atoms with Gasteiger partial charge in [0.05, 0.1) is 5.02 Å². The highest BCUT2D eigenvalue weighted by Crippen LogP contribution is 2.27. The summed E-state index contributed by atoms with van der Waals surface area (Å²) in [6.07, 6.45) is 1.76. The van der Waals surface area contributed by atoms with Crippen LogP contribution < -0.4 is 10.2 Å². The first-order valence-electron chi connectivity index (χ1n) is 6.73. The highest BCUT2D eigenvalue weighted by molar-refractivity contribution is 6.31. The van der Waals surface area contributed by atoms with E-state index in [4.69, 9.17) is 11.6 Å². The average Bonchev–Trinajstić information content (AvgIpc) is 2.74. The molecule has 4 nitrogen and oxygen atoms in total. The molecule has 1 N–H and O–H groups in total. The third-order valence-electron chi connectivity index (χ3n) is 3.85. The lowest BCUT2D eigenvalue weighted by molar-refractivity contribution is 0.266. The Bertz CT molecular complexity index is 435. The van der Waals surface area contributed by atoms with Crippen LogP contribution in [0.2, 0.25) is 5.02 Å². The van der Waals surface area contributed by atoms with E-state index in [1.165, 1.54) is 0 Å². The summed E-state index contributed by atoms with van der Waals surface area (Å²) in [6.45, 7) is 5.15. The van der Waals surface area contributed by atoms with Crippen LogP contribution in [-0.4, -0.2) is 50.2 Å². The van der Waals surface area contributed by atoms with Crippen LogP contribution in [-0.2, 0) is 6.54 Å². The van der Waals surface area contributed by atoms with Crippen LogP contribution in [0.15, 0.2) is 12.3 Å². The molecule has 1 aromatic heterocycles. The lowest BCUT2D eigenvalue weighted by Gasteiger charge is -2.22. The summed E-state index contributed by atoms with van der Waals surface area (Å²) in [7, 11) is 6.22. The number of anilines is 1. The molecular weight excluding hydrogens is 260 g/mol. The van der Waals surface area contributed by atoms with Crippen LogP contribution in [0.25, 0.3) is 0 Å². The van der Waals surface area contributed by atoms with Crippen LogP contribution in [0.4, 0.5) is 5.82 Å². The third-order valence-corrected chi connectivity index (χ3v) is 4.19. The fraction of sp³-hybridized carbons (Fsp3) is 0.643. The smallest absolute Gasteiger partial charge is 0.128 e. The van der Waals surface area contributed by atoms with E-state index in [9.17, 15) is 0 Å². The average molecular weight is 283 g/mol. The Kier molecular flexibility index (Phi) is 4.66. The van der Waals surface area contributed by atoms with E-state index in [1.54, 1.807) is 6.20 Å². The van der Waals surface area contributed by atoms with Gasteiger partial charge in [0.2, 0.25) is 0 Å². The van der Waals surface area contributed by atoms with Gasteiger partial charge in [0.25, 0.3) is 0 Å². The Morgan fingerprint density at radius 2 is 2.21 bits per heavy atom. The van der Waals surface area contributed by atoms with Crippen LogP contribution in [0, 0.1) is 5.92 Å². The maximum atomic E-state index is 6.16. The first-order valence-corrected chi connectivity index (χ1v) is 7.11. The number of halogens is 1. The van der Waals surface area contributed by atoms with Crippen molar-refractivity contribution in [1.29, 1.82) is 0 Å². The minimum absolute atomic E-state index is 0.588. The third kappa shape index (κ3) is 3.19. The van der Waals surface area contributed by atoms with E-state index in [0.717, 1.165) is 36.0 Å². The molecule has 2 unspecified atom stereocenters. The fourth-order valence-electron chi connectivity index (χ4n) is 2.78.